The second kappa shape index (κ2) is 5.57. The molecule has 0 atom stereocenters. The lowest BCUT2D eigenvalue weighted by atomic mass is 9.98. The maximum absolute atomic E-state index is 12.5. The largest absolute Gasteiger partial charge is 0.299 e. The van der Waals surface area contributed by atoms with Crippen molar-refractivity contribution in [1.82, 2.24) is 14.8 Å². The normalized spacial score (nSPS) is 14.4. The van der Waals surface area contributed by atoms with Gasteiger partial charge in [0.15, 0.2) is 0 Å². The molecule has 4 heteroatoms. The van der Waals surface area contributed by atoms with Crippen LogP contribution in [0.3, 0.4) is 0 Å². The fourth-order valence-corrected chi connectivity index (χ4v) is 2.91. The Morgan fingerprint density at radius 2 is 2.00 bits per heavy atom. The van der Waals surface area contributed by atoms with Crippen LogP contribution in [-0.4, -0.2) is 20.5 Å². The zero-order valence-electron chi connectivity index (χ0n) is 11.7. The van der Waals surface area contributed by atoms with Crippen molar-refractivity contribution in [3.63, 3.8) is 0 Å². The van der Waals surface area contributed by atoms with Crippen LogP contribution in [0, 0.1) is 5.92 Å². The van der Waals surface area contributed by atoms with Crippen molar-refractivity contribution in [2.45, 2.75) is 39.2 Å². The highest BCUT2D eigenvalue weighted by Gasteiger charge is 2.27. The molecule has 2 aromatic rings. The molecule has 0 amide bonds. The molecule has 0 saturated heterocycles. The van der Waals surface area contributed by atoms with Crippen molar-refractivity contribution in [1.29, 1.82) is 0 Å². The molecule has 3 rings (SSSR count). The maximum atomic E-state index is 12.5. The lowest BCUT2D eigenvalue weighted by molar-refractivity contribution is -0.122. The molecule has 0 unspecified atom stereocenters. The smallest absolute Gasteiger partial charge is 0.144 e. The summed E-state index contributed by atoms with van der Waals surface area (Å²) in [7, 11) is 0. The Hall–Kier alpha value is -1.97. The predicted octanol–water partition coefficient (Wildman–Crippen LogP) is 2.21. The molecule has 1 heterocycles. The molecule has 0 bridgehead atoms. The SMILES string of the molecule is CCCn1ncnc1CC(=O)C1Cc2ccccc2C1. The van der Waals surface area contributed by atoms with Crippen LogP contribution in [0.15, 0.2) is 30.6 Å². The highest BCUT2D eigenvalue weighted by atomic mass is 16.1. The molecule has 1 aromatic carbocycles. The number of benzene rings is 1. The summed E-state index contributed by atoms with van der Waals surface area (Å²) in [4.78, 5) is 16.7. The van der Waals surface area contributed by atoms with Gasteiger partial charge in [-0.05, 0) is 30.4 Å². The van der Waals surface area contributed by atoms with E-state index in [2.05, 4.69) is 29.1 Å². The summed E-state index contributed by atoms with van der Waals surface area (Å²) in [5.74, 6) is 1.19. The molecule has 4 nitrogen and oxygen atoms in total. The van der Waals surface area contributed by atoms with E-state index in [0.717, 1.165) is 31.6 Å². The maximum Gasteiger partial charge on any atom is 0.144 e. The predicted molar refractivity (Wildman–Crippen MR) is 76.4 cm³/mol. The first kappa shape index (κ1) is 13.0. The highest BCUT2D eigenvalue weighted by molar-refractivity contribution is 5.84. The summed E-state index contributed by atoms with van der Waals surface area (Å²) in [6, 6.07) is 8.34. The lowest BCUT2D eigenvalue weighted by Gasteiger charge is -2.08. The van der Waals surface area contributed by atoms with Crippen LogP contribution in [0.25, 0.3) is 0 Å². The summed E-state index contributed by atoms with van der Waals surface area (Å²) < 4.78 is 1.85. The molecule has 0 radical (unpaired) electrons. The number of Topliss-reactive ketones (excluding diaryl/α,β-unsaturated/α-hetero) is 1. The number of ketones is 1. The van der Waals surface area contributed by atoms with Crippen LogP contribution in [-0.2, 0) is 30.6 Å². The Kier molecular flexibility index (Phi) is 3.63. The van der Waals surface area contributed by atoms with Crippen molar-refractivity contribution in [3.8, 4) is 0 Å². The van der Waals surface area contributed by atoms with Gasteiger partial charge in [0.05, 0.1) is 6.42 Å². The number of rotatable bonds is 5. The molecule has 104 valence electrons. The third-order valence-corrected chi connectivity index (χ3v) is 3.97. The van der Waals surface area contributed by atoms with Gasteiger partial charge in [0.2, 0.25) is 0 Å². The summed E-state index contributed by atoms with van der Waals surface area (Å²) >= 11 is 0. The van der Waals surface area contributed by atoms with E-state index in [9.17, 15) is 4.79 Å². The second-order valence-electron chi connectivity index (χ2n) is 5.42. The number of aromatic nitrogens is 3. The van der Waals surface area contributed by atoms with Gasteiger partial charge in [0.1, 0.15) is 17.9 Å². The number of fused-ring (bicyclic) bond motifs is 1. The summed E-state index contributed by atoms with van der Waals surface area (Å²) in [5.41, 5.74) is 2.64. The number of hydrogen-bond donors (Lipinski definition) is 0. The van der Waals surface area contributed by atoms with E-state index >= 15 is 0 Å². The average Bonchev–Trinajstić information content (AvgIpc) is 3.06. The van der Waals surface area contributed by atoms with Crippen LogP contribution in [0.5, 0.6) is 0 Å². The van der Waals surface area contributed by atoms with Crippen LogP contribution < -0.4 is 0 Å². The van der Waals surface area contributed by atoms with Crippen LogP contribution >= 0.6 is 0 Å². The minimum Gasteiger partial charge on any atom is -0.299 e. The molecule has 0 aliphatic heterocycles. The van der Waals surface area contributed by atoms with E-state index in [1.54, 1.807) is 6.33 Å². The van der Waals surface area contributed by atoms with Gasteiger partial charge in [-0.1, -0.05) is 31.2 Å². The molecule has 0 fully saturated rings. The molecule has 0 saturated carbocycles. The highest BCUT2D eigenvalue weighted by Crippen LogP contribution is 2.27. The minimum absolute atomic E-state index is 0.110. The third kappa shape index (κ3) is 2.50. The Bertz CT molecular complexity index is 593. The summed E-state index contributed by atoms with van der Waals surface area (Å²) in [6.07, 6.45) is 4.69. The number of nitrogens with zero attached hydrogens (tertiary/aromatic N) is 3. The van der Waals surface area contributed by atoms with Crippen LogP contribution in [0.4, 0.5) is 0 Å². The third-order valence-electron chi connectivity index (χ3n) is 3.97. The van der Waals surface area contributed by atoms with Gasteiger partial charge in [-0.25, -0.2) is 9.67 Å². The van der Waals surface area contributed by atoms with E-state index in [1.807, 2.05) is 16.8 Å². The van der Waals surface area contributed by atoms with Crippen molar-refractivity contribution in [3.05, 3.63) is 47.5 Å². The van der Waals surface area contributed by atoms with E-state index in [0.29, 0.717) is 6.42 Å². The number of carbonyl (C=O) groups excluding carboxylic acids is 1. The molecular formula is C16H19N3O. The number of aryl methyl sites for hydroxylation is 1. The van der Waals surface area contributed by atoms with Crippen molar-refractivity contribution < 1.29 is 4.79 Å². The fraction of sp³-hybridized carbons (Fsp3) is 0.438. The Morgan fingerprint density at radius 1 is 1.30 bits per heavy atom. The first-order valence-corrected chi connectivity index (χ1v) is 7.24. The zero-order chi connectivity index (χ0) is 13.9. The Labute approximate surface area is 118 Å². The minimum atomic E-state index is 0.110. The van der Waals surface area contributed by atoms with Gasteiger partial charge in [0.25, 0.3) is 0 Å². The molecule has 0 spiro atoms. The van der Waals surface area contributed by atoms with Gasteiger partial charge in [-0.3, -0.25) is 4.79 Å². The topological polar surface area (TPSA) is 47.8 Å². The standard InChI is InChI=1S/C16H19N3O/c1-2-7-19-16(17-11-18-19)10-15(20)14-8-12-5-3-4-6-13(12)9-14/h3-6,11,14H,2,7-10H2,1H3. The van der Waals surface area contributed by atoms with Gasteiger partial charge >= 0.3 is 0 Å². The van der Waals surface area contributed by atoms with Crippen LogP contribution in [0.1, 0.15) is 30.3 Å². The number of hydrogen-bond acceptors (Lipinski definition) is 3. The molecule has 1 aromatic heterocycles. The zero-order valence-corrected chi connectivity index (χ0v) is 11.7. The van der Waals surface area contributed by atoms with Gasteiger partial charge < -0.3 is 0 Å². The molecule has 1 aliphatic carbocycles. The van der Waals surface area contributed by atoms with Crippen molar-refractivity contribution in [2.24, 2.45) is 5.92 Å². The Balaban J connectivity index is 1.68. The van der Waals surface area contributed by atoms with Gasteiger partial charge in [-0.15, -0.1) is 0 Å². The fourth-order valence-electron chi connectivity index (χ4n) is 2.91. The van der Waals surface area contributed by atoms with Crippen molar-refractivity contribution >= 4 is 5.78 Å². The molecule has 0 N–H and O–H groups in total. The molecular weight excluding hydrogens is 250 g/mol. The molecule has 1 aliphatic rings. The summed E-state index contributed by atoms with van der Waals surface area (Å²) in [5, 5.41) is 4.18. The second-order valence-corrected chi connectivity index (χ2v) is 5.42. The summed E-state index contributed by atoms with van der Waals surface area (Å²) in [6.45, 7) is 2.92. The van der Waals surface area contributed by atoms with Crippen molar-refractivity contribution in [2.75, 3.05) is 0 Å². The average molecular weight is 269 g/mol. The quantitative estimate of drug-likeness (QED) is 0.836. The van der Waals surface area contributed by atoms with E-state index < -0.39 is 0 Å². The van der Waals surface area contributed by atoms with E-state index in [4.69, 9.17) is 0 Å². The first-order valence-electron chi connectivity index (χ1n) is 7.24. The Morgan fingerprint density at radius 3 is 2.65 bits per heavy atom. The van der Waals surface area contributed by atoms with E-state index in [-0.39, 0.29) is 11.7 Å². The first-order chi connectivity index (χ1) is 9.78. The number of carbonyl (C=O) groups is 1. The molecule has 20 heavy (non-hydrogen) atoms. The van der Waals surface area contributed by atoms with Gasteiger partial charge in [-0.2, -0.15) is 5.10 Å². The van der Waals surface area contributed by atoms with E-state index in [1.165, 1.54) is 11.1 Å². The van der Waals surface area contributed by atoms with Crippen LogP contribution in [0.2, 0.25) is 0 Å². The monoisotopic (exact) mass is 269 g/mol. The lowest BCUT2D eigenvalue weighted by Crippen LogP contribution is -2.20. The van der Waals surface area contributed by atoms with Gasteiger partial charge in [0, 0.05) is 12.5 Å².